The van der Waals surface area contributed by atoms with E-state index in [9.17, 15) is 9.59 Å². The van der Waals surface area contributed by atoms with E-state index < -0.39 is 25.5 Å². The Kier molecular flexibility index (Phi) is 5.35. The number of esters is 2. The minimum absolute atomic E-state index is 0.0359. The van der Waals surface area contributed by atoms with Gasteiger partial charge in [-0.1, -0.05) is 0 Å². The molecular formula is C10H18O6SSi. The van der Waals surface area contributed by atoms with Gasteiger partial charge in [0.2, 0.25) is 0 Å². The Labute approximate surface area is 112 Å². The van der Waals surface area contributed by atoms with Crippen molar-refractivity contribution in [2.75, 3.05) is 27.1 Å². The fourth-order valence-electron chi connectivity index (χ4n) is 1.30. The molecule has 1 fully saturated rings. The van der Waals surface area contributed by atoms with E-state index in [0.717, 1.165) is 0 Å². The van der Waals surface area contributed by atoms with Gasteiger partial charge in [0.15, 0.2) is 0 Å². The second-order valence-corrected chi connectivity index (χ2v) is 8.65. The molecule has 0 aromatic heterocycles. The first-order valence-corrected chi connectivity index (χ1v) is 8.37. The molecule has 0 bridgehead atoms. The van der Waals surface area contributed by atoms with Gasteiger partial charge in [-0.05, 0) is 6.92 Å². The molecule has 6 nitrogen and oxygen atoms in total. The molecule has 0 N–H and O–H groups in total. The van der Waals surface area contributed by atoms with Crippen molar-refractivity contribution in [3.8, 4) is 0 Å². The Morgan fingerprint density at radius 1 is 1.22 bits per heavy atom. The van der Waals surface area contributed by atoms with Crippen LogP contribution < -0.4 is 0 Å². The highest BCUT2D eigenvalue weighted by Gasteiger charge is 2.49. The van der Waals surface area contributed by atoms with Crippen LogP contribution in [0.3, 0.4) is 0 Å². The van der Waals surface area contributed by atoms with Crippen LogP contribution in [0.4, 0.5) is 0 Å². The van der Waals surface area contributed by atoms with Crippen molar-refractivity contribution in [3.63, 3.8) is 0 Å². The van der Waals surface area contributed by atoms with Crippen molar-refractivity contribution in [2.24, 2.45) is 0 Å². The molecule has 0 spiro atoms. The average molecular weight is 294 g/mol. The van der Waals surface area contributed by atoms with Crippen molar-refractivity contribution in [3.05, 3.63) is 0 Å². The Morgan fingerprint density at radius 2 is 1.72 bits per heavy atom. The second kappa shape index (κ2) is 6.16. The van der Waals surface area contributed by atoms with Gasteiger partial charge in [-0.15, -0.1) is 11.8 Å². The standard InChI is InChI=1S/C10H18O6SSi/c1-10(7-17-10)9(12)16-8(11)5-6-18(13-2,14-3)15-4/h5-7H2,1-4H3. The van der Waals surface area contributed by atoms with E-state index in [4.69, 9.17) is 18.0 Å². The van der Waals surface area contributed by atoms with Gasteiger partial charge in [-0.2, -0.15) is 0 Å². The molecule has 0 aliphatic carbocycles. The summed E-state index contributed by atoms with van der Waals surface area (Å²) < 4.78 is 19.7. The number of hydrogen-bond acceptors (Lipinski definition) is 7. The van der Waals surface area contributed by atoms with Crippen molar-refractivity contribution in [2.45, 2.75) is 24.1 Å². The van der Waals surface area contributed by atoms with Crippen LogP contribution in [0.1, 0.15) is 13.3 Å². The van der Waals surface area contributed by atoms with Gasteiger partial charge in [0.25, 0.3) is 0 Å². The van der Waals surface area contributed by atoms with Gasteiger partial charge >= 0.3 is 20.7 Å². The smallest absolute Gasteiger partial charge is 0.392 e. The highest BCUT2D eigenvalue weighted by Crippen LogP contribution is 2.45. The van der Waals surface area contributed by atoms with Crippen LogP contribution in [0.2, 0.25) is 6.04 Å². The van der Waals surface area contributed by atoms with Gasteiger partial charge in [0.05, 0.1) is 6.42 Å². The summed E-state index contributed by atoms with van der Waals surface area (Å²) in [5, 5.41) is 0. The summed E-state index contributed by atoms with van der Waals surface area (Å²) in [6.07, 6.45) is 0.0359. The molecule has 1 heterocycles. The van der Waals surface area contributed by atoms with E-state index in [0.29, 0.717) is 5.75 Å². The van der Waals surface area contributed by atoms with E-state index in [-0.39, 0.29) is 12.5 Å². The van der Waals surface area contributed by atoms with Crippen molar-refractivity contribution < 1.29 is 27.6 Å². The van der Waals surface area contributed by atoms with Crippen LogP contribution in [0.5, 0.6) is 0 Å². The molecule has 0 saturated carbocycles. The maximum Gasteiger partial charge on any atom is 0.500 e. The second-order valence-electron chi connectivity index (χ2n) is 4.08. The lowest BCUT2D eigenvalue weighted by molar-refractivity contribution is -0.160. The zero-order chi connectivity index (χ0) is 13.8. The molecule has 1 aliphatic heterocycles. The summed E-state index contributed by atoms with van der Waals surface area (Å²) in [4.78, 5) is 23.0. The Hall–Kier alpha value is -0.413. The number of carbonyl (C=O) groups excluding carboxylic acids is 2. The van der Waals surface area contributed by atoms with E-state index >= 15 is 0 Å². The van der Waals surface area contributed by atoms with Crippen LogP contribution in [-0.4, -0.2) is 52.6 Å². The zero-order valence-corrected chi connectivity index (χ0v) is 12.8. The SMILES string of the molecule is CO[Si](CCC(=O)OC(=O)C1(C)CS1)(OC)OC. The van der Waals surface area contributed by atoms with Gasteiger partial charge in [-0.3, -0.25) is 9.59 Å². The molecule has 104 valence electrons. The number of ether oxygens (including phenoxy) is 1. The van der Waals surface area contributed by atoms with Crippen molar-refractivity contribution >= 4 is 32.5 Å². The van der Waals surface area contributed by atoms with Crippen LogP contribution in [-0.2, 0) is 27.6 Å². The first-order chi connectivity index (χ1) is 8.41. The first-order valence-electron chi connectivity index (χ1n) is 5.46. The van der Waals surface area contributed by atoms with Crippen LogP contribution in [0.25, 0.3) is 0 Å². The fourth-order valence-corrected chi connectivity index (χ4v) is 3.42. The lowest BCUT2D eigenvalue weighted by atomic mass is 10.2. The van der Waals surface area contributed by atoms with Gasteiger partial charge in [0, 0.05) is 33.1 Å². The van der Waals surface area contributed by atoms with Gasteiger partial charge in [-0.25, -0.2) is 0 Å². The maximum atomic E-state index is 11.5. The van der Waals surface area contributed by atoms with Crippen LogP contribution in [0, 0.1) is 0 Å². The average Bonchev–Trinajstić information content (AvgIpc) is 3.11. The molecule has 1 rings (SSSR count). The lowest BCUT2D eigenvalue weighted by Crippen LogP contribution is -2.43. The van der Waals surface area contributed by atoms with Crippen molar-refractivity contribution in [1.29, 1.82) is 0 Å². The maximum absolute atomic E-state index is 11.5. The third-order valence-electron chi connectivity index (χ3n) is 2.78. The molecule has 0 aromatic rings. The fraction of sp³-hybridized carbons (Fsp3) is 0.800. The molecule has 1 atom stereocenters. The Bertz CT molecular complexity index is 318. The largest absolute Gasteiger partial charge is 0.500 e. The highest BCUT2D eigenvalue weighted by atomic mass is 32.2. The van der Waals surface area contributed by atoms with Gasteiger partial charge < -0.3 is 18.0 Å². The molecule has 1 aliphatic rings. The summed E-state index contributed by atoms with van der Waals surface area (Å²) in [6, 6.07) is 0.284. The topological polar surface area (TPSA) is 71.1 Å². The molecule has 0 aromatic carbocycles. The molecule has 18 heavy (non-hydrogen) atoms. The minimum atomic E-state index is -2.78. The third kappa shape index (κ3) is 3.79. The van der Waals surface area contributed by atoms with Crippen LogP contribution in [0.15, 0.2) is 0 Å². The summed E-state index contributed by atoms with van der Waals surface area (Å²) in [6.45, 7) is 1.76. The number of thioether (sulfide) groups is 1. The lowest BCUT2D eigenvalue weighted by Gasteiger charge is -2.23. The monoisotopic (exact) mass is 294 g/mol. The minimum Gasteiger partial charge on any atom is -0.392 e. The van der Waals surface area contributed by atoms with Gasteiger partial charge in [0.1, 0.15) is 4.75 Å². The first kappa shape index (κ1) is 15.6. The predicted octanol–water partition coefficient (Wildman–Crippen LogP) is 0.830. The highest BCUT2D eigenvalue weighted by molar-refractivity contribution is 8.08. The summed E-state index contributed by atoms with van der Waals surface area (Å²) in [5.74, 6) is -0.347. The summed E-state index contributed by atoms with van der Waals surface area (Å²) in [5.41, 5.74) is 0. The zero-order valence-electron chi connectivity index (χ0n) is 11.0. The third-order valence-corrected chi connectivity index (χ3v) is 6.83. The number of rotatable bonds is 7. The predicted molar refractivity (Wildman–Crippen MR) is 68.2 cm³/mol. The molecule has 8 heteroatoms. The number of carbonyl (C=O) groups is 2. The summed E-state index contributed by atoms with van der Waals surface area (Å²) in [7, 11) is 1.63. The number of hydrogen-bond donors (Lipinski definition) is 0. The Balaban J connectivity index is 2.38. The van der Waals surface area contributed by atoms with E-state index in [1.807, 2.05) is 0 Å². The van der Waals surface area contributed by atoms with Crippen LogP contribution >= 0.6 is 11.8 Å². The molecular weight excluding hydrogens is 276 g/mol. The molecule has 0 amide bonds. The quantitative estimate of drug-likeness (QED) is 0.298. The van der Waals surface area contributed by atoms with E-state index in [2.05, 4.69) is 0 Å². The molecule has 1 unspecified atom stereocenters. The summed E-state index contributed by atoms with van der Waals surface area (Å²) >= 11 is 1.47. The normalized spacial score (nSPS) is 22.7. The molecule has 0 radical (unpaired) electrons. The molecule has 1 saturated heterocycles. The Morgan fingerprint density at radius 3 is 2.11 bits per heavy atom. The van der Waals surface area contributed by atoms with E-state index in [1.54, 1.807) is 6.92 Å². The van der Waals surface area contributed by atoms with E-state index in [1.165, 1.54) is 33.1 Å². The van der Waals surface area contributed by atoms with Crippen molar-refractivity contribution in [1.82, 2.24) is 0 Å².